The number of hydrogen-bond acceptors (Lipinski definition) is 3. The van der Waals surface area contributed by atoms with Crippen LogP contribution in [0.25, 0.3) is 0 Å². The van der Waals surface area contributed by atoms with Crippen LogP contribution in [0.4, 0.5) is 4.39 Å². The summed E-state index contributed by atoms with van der Waals surface area (Å²) in [6.07, 6.45) is 0.712. The molecule has 1 amide bonds. The van der Waals surface area contributed by atoms with Gasteiger partial charge in [-0.1, -0.05) is 36.4 Å². The summed E-state index contributed by atoms with van der Waals surface area (Å²) in [5.41, 5.74) is 3.45. The van der Waals surface area contributed by atoms with Gasteiger partial charge in [0, 0.05) is 19.6 Å². The molecule has 1 fully saturated rings. The van der Waals surface area contributed by atoms with Gasteiger partial charge in [0.25, 0.3) is 0 Å². The molecule has 0 radical (unpaired) electrons. The molecule has 5 heteroatoms. The minimum atomic E-state index is -0.255. The highest BCUT2D eigenvalue weighted by Gasteiger charge is 2.23. The Morgan fingerprint density at radius 1 is 1.23 bits per heavy atom. The molecule has 1 aliphatic rings. The zero-order valence-corrected chi connectivity index (χ0v) is 15.1. The second-order valence-corrected chi connectivity index (χ2v) is 6.67. The lowest BCUT2D eigenvalue weighted by Crippen LogP contribution is -2.44. The third kappa shape index (κ3) is 5.13. The number of carbonyl (C=O) groups is 1. The van der Waals surface area contributed by atoms with Crippen LogP contribution in [-0.4, -0.2) is 43.6 Å². The van der Waals surface area contributed by atoms with Gasteiger partial charge >= 0.3 is 0 Å². The fraction of sp³-hybridized carbons (Fsp3) is 0.381. The third-order valence-corrected chi connectivity index (χ3v) is 4.74. The van der Waals surface area contributed by atoms with Crippen molar-refractivity contribution in [3.8, 4) is 0 Å². The summed E-state index contributed by atoms with van der Waals surface area (Å²) in [6.45, 7) is 5.00. The van der Waals surface area contributed by atoms with E-state index in [4.69, 9.17) is 4.74 Å². The van der Waals surface area contributed by atoms with Gasteiger partial charge in [0.2, 0.25) is 5.91 Å². The highest BCUT2D eigenvalue weighted by molar-refractivity contribution is 5.78. The molecule has 3 rings (SSSR count). The van der Waals surface area contributed by atoms with Crippen molar-refractivity contribution in [1.29, 1.82) is 0 Å². The van der Waals surface area contributed by atoms with Gasteiger partial charge in [-0.05, 0) is 42.2 Å². The zero-order valence-electron chi connectivity index (χ0n) is 15.1. The number of hydrogen-bond donors (Lipinski definition) is 1. The average molecular weight is 356 g/mol. The number of nitrogens with one attached hydrogen (secondary N) is 1. The Balaban J connectivity index is 1.45. The van der Waals surface area contributed by atoms with Crippen molar-refractivity contribution in [2.45, 2.75) is 19.4 Å². The molecule has 0 saturated carbocycles. The molecule has 26 heavy (non-hydrogen) atoms. The summed E-state index contributed by atoms with van der Waals surface area (Å²) in [5.74, 6) is -0.229. The third-order valence-electron chi connectivity index (χ3n) is 4.74. The molecular formula is C21H25FN2O2. The normalized spacial score (nSPS) is 17.8. The highest BCUT2D eigenvalue weighted by atomic mass is 19.1. The number of ether oxygens (including phenoxy) is 1. The molecule has 2 aromatic rings. The Labute approximate surface area is 154 Å². The molecule has 1 N–H and O–H groups in total. The first-order valence-electron chi connectivity index (χ1n) is 9.02. The van der Waals surface area contributed by atoms with Crippen LogP contribution in [0, 0.1) is 12.7 Å². The van der Waals surface area contributed by atoms with Gasteiger partial charge in [-0.2, -0.15) is 0 Å². The molecule has 0 aromatic heterocycles. The van der Waals surface area contributed by atoms with Crippen LogP contribution in [0.1, 0.15) is 22.8 Å². The monoisotopic (exact) mass is 356 g/mol. The smallest absolute Gasteiger partial charge is 0.234 e. The van der Waals surface area contributed by atoms with Gasteiger partial charge < -0.3 is 10.1 Å². The highest BCUT2D eigenvalue weighted by Crippen LogP contribution is 2.22. The predicted octanol–water partition coefficient (Wildman–Crippen LogP) is 2.87. The van der Waals surface area contributed by atoms with E-state index in [2.05, 4.69) is 29.3 Å². The second-order valence-electron chi connectivity index (χ2n) is 6.67. The largest absolute Gasteiger partial charge is 0.371 e. The Hall–Kier alpha value is -2.24. The number of nitrogens with zero attached hydrogens (tertiary/aromatic N) is 1. The Kier molecular flexibility index (Phi) is 6.36. The van der Waals surface area contributed by atoms with Gasteiger partial charge in [0.15, 0.2) is 0 Å². The minimum Gasteiger partial charge on any atom is -0.371 e. The summed E-state index contributed by atoms with van der Waals surface area (Å²) in [6, 6.07) is 14.6. The molecule has 4 nitrogen and oxygen atoms in total. The van der Waals surface area contributed by atoms with Gasteiger partial charge in [0.05, 0.1) is 19.3 Å². The van der Waals surface area contributed by atoms with Crippen molar-refractivity contribution in [2.24, 2.45) is 0 Å². The summed E-state index contributed by atoms with van der Waals surface area (Å²) >= 11 is 0. The lowest BCUT2D eigenvalue weighted by atomic mass is 10.1. The lowest BCUT2D eigenvalue weighted by molar-refractivity contribution is -0.124. The first kappa shape index (κ1) is 18.5. The van der Waals surface area contributed by atoms with E-state index in [1.165, 1.54) is 23.3 Å². The first-order valence-corrected chi connectivity index (χ1v) is 9.02. The number of rotatable bonds is 6. The van der Waals surface area contributed by atoms with E-state index < -0.39 is 0 Å². The molecule has 0 aliphatic carbocycles. The fourth-order valence-corrected chi connectivity index (χ4v) is 3.21. The molecule has 1 aliphatic heterocycles. The number of aryl methyl sites for hydroxylation is 1. The molecule has 1 unspecified atom stereocenters. The van der Waals surface area contributed by atoms with E-state index in [-0.39, 0.29) is 17.8 Å². The molecule has 2 aromatic carbocycles. The maximum Gasteiger partial charge on any atom is 0.234 e. The number of carbonyl (C=O) groups excluding carboxylic acids is 1. The van der Waals surface area contributed by atoms with Crippen molar-refractivity contribution in [3.63, 3.8) is 0 Å². The predicted molar refractivity (Wildman–Crippen MR) is 99.4 cm³/mol. The Morgan fingerprint density at radius 3 is 2.77 bits per heavy atom. The summed E-state index contributed by atoms with van der Waals surface area (Å²) in [4.78, 5) is 14.3. The van der Waals surface area contributed by atoms with E-state index in [0.29, 0.717) is 26.2 Å². The molecule has 1 atom stereocenters. The van der Waals surface area contributed by atoms with Gasteiger partial charge in [0.1, 0.15) is 5.82 Å². The van der Waals surface area contributed by atoms with E-state index in [0.717, 1.165) is 18.5 Å². The van der Waals surface area contributed by atoms with Crippen LogP contribution < -0.4 is 5.32 Å². The second kappa shape index (κ2) is 8.92. The van der Waals surface area contributed by atoms with E-state index >= 15 is 0 Å². The van der Waals surface area contributed by atoms with Crippen LogP contribution in [0.5, 0.6) is 0 Å². The number of benzene rings is 2. The maximum absolute atomic E-state index is 13.1. The molecular weight excluding hydrogens is 331 g/mol. The molecule has 0 bridgehead atoms. The average Bonchev–Trinajstić information content (AvgIpc) is 2.64. The maximum atomic E-state index is 13.1. The van der Waals surface area contributed by atoms with Crippen LogP contribution in [0.15, 0.2) is 48.5 Å². The van der Waals surface area contributed by atoms with Crippen LogP contribution >= 0.6 is 0 Å². The first-order chi connectivity index (χ1) is 12.6. The Morgan fingerprint density at radius 2 is 2.00 bits per heavy atom. The van der Waals surface area contributed by atoms with Crippen LogP contribution in [0.3, 0.4) is 0 Å². The van der Waals surface area contributed by atoms with Crippen molar-refractivity contribution in [1.82, 2.24) is 10.2 Å². The molecule has 1 heterocycles. The molecule has 0 spiro atoms. The topological polar surface area (TPSA) is 41.6 Å². The van der Waals surface area contributed by atoms with Crippen molar-refractivity contribution in [3.05, 3.63) is 71.0 Å². The standard InChI is InChI=1S/C21H25FN2O2/c1-16-4-2-3-5-17(16)10-11-23-21(25)15-24-12-13-26-20(14-24)18-6-8-19(22)9-7-18/h2-9,20H,10-15H2,1H3,(H,23,25). The van der Waals surface area contributed by atoms with Gasteiger partial charge in [-0.3, -0.25) is 9.69 Å². The fourth-order valence-electron chi connectivity index (χ4n) is 3.21. The number of morpholine rings is 1. The summed E-state index contributed by atoms with van der Waals surface area (Å²) in [7, 11) is 0. The summed E-state index contributed by atoms with van der Waals surface area (Å²) < 4.78 is 18.8. The van der Waals surface area contributed by atoms with Crippen LogP contribution in [-0.2, 0) is 16.0 Å². The number of halogens is 1. The molecule has 1 saturated heterocycles. The van der Waals surface area contributed by atoms with Crippen molar-refractivity contribution >= 4 is 5.91 Å². The van der Waals surface area contributed by atoms with Crippen LogP contribution in [0.2, 0.25) is 0 Å². The van der Waals surface area contributed by atoms with E-state index in [9.17, 15) is 9.18 Å². The van der Waals surface area contributed by atoms with Crippen molar-refractivity contribution in [2.75, 3.05) is 32.8 Å². The number of amides is 1. The van der Waals surface area contributed by atoms with E-state index in [1.807, 2.05) is 12.1 Å². The van der Waals surface area contributed by atoms with Gasteiger partial charge in [-0.15, -0.1) is 0 Å². The SMILES string of the molecule is Cc1ccccc1CCNC(=O)CN1CCOC(c2ccc(F)cc2)C1. The van der Waals surface area contributed by atoms with Gasteiger partial charge in [-0.25, -0.2) is 4.39 Å². The summed E-state index contributed by atoms with van der Waals surface area (Å²) in [5, 5.41) is 3.00. The minimum absolute atomic E-state index is 0.0262. The Bertz CT molecular complexity index is 733. The van der Waals surface area contributed by atoms with E-state index in [1.54, 1.807) is 12.1 Å². The molecule has 138 valence electrons. The van der Waals surface area contributed by atoms with Crippen molar-refractivity contribution < 1.29 is 13.9 Å². The zero-order chi connectivity index (χ0) is 18.4. The lowest BCUT2D eigenvalue weighted by Gasteiger charge is -2.32. The quantitative estimate of drug-likeness (QED) is 0.865.